The molecular weight excluding hydrogens is 238 g/mol. The van der Waals surface area contributed by atoms with E-state index in [2.05, 4.69) is 27.0 Å². The van der Waals surface area contributed by atoms with E-state index in [1.807, 2.05) is 12.1 Å². The fraction of sp³-hybridized carbons (Fsp3) is 0.643. The van der Waals surface area contributed by atoms with Gasteiger partial charge < -0.3 is 21.7 Å². The van der Waals surface area contributed by atoms with Crippen LogP contribution >= 0.6 is 0 Å². The smallest absolute Gasteiger partial charge is 0.123 e. The van der Waals surface area contributed by atoms with Crippen LogP contribution in [0.2, 0.25) is 0 Å². The molecule has 3 rings (SSSR count). The highest BCUT2D eigenvalue weighted by Gasteiger charge is 2.30. The Morgan fingerprint density at radius 3 is 3.00 bits per heavy atom. The van der Waals surface area contributed by atoms with E-state index >= 15 is 0 Å². The number of nitrogens with one attached hydrogen (secondary N) is 3. The molecule has 2 aliphatic rings. The molecule has 5 nitrogen and oxygen atoms in total. The Bertz CT molecular complexity index is 416. The lowest BCUT2D eigenvalue weighted by atomic mass is 9.96. The number of hydrogen-bond donors (Lipinski definition) is 4. The molecule has 19 heavy (non-hydrogen) atoms. The van der Waals surface area contributed by atoms with Gasteiger partial charge in [0.1, 0.15) is 5.82 Å². The molecule has 2 fully saturated rings. The molecule has 3 heterocycles. The van der Waals surface area contributed by atoms with Crippen LogP contribution in [0.4, 0.5) is 5.82 Å². The molecule has 0 saturated carbocycles. The first-order valence-electron chi connectivity index (χ1n) is 7.20. The molecule has 0 aromatic carbocycles. The quantitative estimate of drug-likeness (QED) is 0.601. The molecule has 0 amide bonds. The number of nitrogen functional groups attached to an aromatic ring is 1. The van der Waals surface area contributed by atoms with E-state index in [0.717, 1.165) is 38.3 Å². The van der Waals surface area contributed by atoms with Crippen LogP contribution in [0, 0.1) is 5.92 Å². The van der Waals surface area contributed by atoms with Gasteiger partial charge in [0.05, 0.1) is 0 Å². The number of aromatic nitrogens is 1. The van der Waals surface area contributed by atoms with Crippen LogP contribution < -0.4 is 21.7 Å². The standard InChI is InChI=1S/C14H23N5/c15-14-3-1-2-11(19-14)6-10-7-17-9-13(10)18-12-4-5-16-8-12/h1-3,10,12-13,16-18H,4-9H2,(H2,15,19)/t10?,12-,13?/m1/s1. The number of nitrogens with two attached hydrogens (primary N) is 1. The monoisotopic (exact) mass is 261 g/mol. The van der Waals surface area contributed by atoms with Crippen LogP contribution in [-0.2, 0) is 6.42 Å². The first-order chi connectivity index (χ1) is 9.31. The summed E-state index contributed by atoms with van der Waals surface area (Å²) in [4.78, 5) is 4.41. The van der Waals surface area contributed by atoms with Gasteiger partial charge in [0.2, 0.25) is 0 Å². The van der Waals surface area contributed by atoms with Crippen molar-refractivity contribution in [2.75, 3.05) is 31.9 Å². The van der Waals surface area contributed by atoms with Crippen molar-refractivity contribution >= 4 is 5.82 Å². The van der Waals surface area contributed by atoms with E-state index in [9.17, 15) is 0 Å². The molecule has 0 bridgehead atoms. The Labute approximate surface area is 114 Å². The summed E-state index contributed by atoms with van der Waals surface area (Å²) in [5.41, 5.74) is 6.85. The van der Waals surface area contributed by atoms with Crippen molar-refractivity contribution in [2.24, 2.45) is 5.92 Å². The SMILES string of the molecule is Nc1cccc(CC2CNCC2N[C@@H]2CCNC2)n1. The number of pyridine rings is 1. The lowest BCUT2D eigenvalue weighted by molar-refractivity contribution is 0.381. The van der Waals surface area contributed by atoms with Crippen molar-refractivity contribution in [1.29, 1.82) is 0 Å². The molecule has 5 N–H and O–H groups in total. The highest BCUT2D eigenvalue weighted by atomic mass is 15.1. The summed E-state index contributed by atoms with van der Waals surface area (Å²) < 4.78 is 0. The van der Waals surface area contributed by atoms with Gasteiger partial charge in [-0.2, -0.15) is 0 Å². The van der Waals surface area contributed by atoms with Gasteiger partial charge in [-0.15, -0.1) is 0 Å². The third-order valence-corrected chi connectivity index (χ3v) is 4.15. The van der Waals surface area contributed by atoms with Gasteiger partial charge in [-0.05, 0) is 44.0 Å². The molecule has 104 valence electrons. The van der Waals surface area contributed by atoms with Crippen LogP contribution in [0.5, 0.6) is 0 Å². The Morgan fingerprint density at radius 2 is 2.21 bits per heavy atom. The fourth-order valence-corrected chi connectivity index (χ4v) is 3.12. The zero-order chi connectivity index (χ0) is 13.1. The molecule has 0 radical (unpaired) electrons. The zero-order valence-corrected chi connectivity index (χ0v) is 11.2. The number of nitrogens with zero attached hydrogens (tertiary/aromatic N) is 1. The van der Waals surface area contributed by atoms with E-state index in [1.54, 1.807) is 0 Å². The van der Waals surface area contributed by atoms with Gasteiger partial charge >= 0.3 is 0 Å². The van der Waals surface area contributed by atoms with Gasteiger partial charge in [0, 0.05) is 30.9 Å². The Kier molecular flexibility index (Phi) is 3.96. The number of rotatable bonds is 4. The number of hydrogen-bond acceptors (Lipinski definition) is 5. The lowest BCUT2D eigenvalue weighted by Crippen LogP contribution is -2.44. The molecular formula is C14H23N5. The molecule has 2 saturated heterocycles. The topological polar surface area (TPSA) is 75.0 Å². The summed E-state index contributed by atoms with van der Waals surface area (Å²) in [6.07, 6.45) is 2.23. The third-order valence-electron chi connectivity index (χ3n) is 4.15. The van der Waals surface area contributed by atoms with Crippen molar-refractivity contribution < 1.29 is 0 Å². The lowest BCUT2D eigenvalue weighted by Gasteiger charge is -2.23. The summed E-state index contributed by atoms with van der Waals surface area (Å²) in [6.45, 7) is 4.36. The average molecular weight is 261 g/mol. The van der Waals surface area contributed by atoms with Crippen molar-refractivity contribution in [3.05, 3.63) is 23.9 Å². The first kappa shape index (κ1) is 12.8. The predicted molar refractivity (Wildman–Crippen MR) is 76.9 cm³/mol. The highest BCUT2D eigenvalue weighted by molar-refractivity contribution is 5.29. The molecule has 3 atom stereocenters. The minimum Gasteiger partial charge on any atom is -0.384 e. The fourth-order valence-electron chi connectivity index (χ4n) is 3.12. The summed E-state index contributed by atoms with van der Waals surface area (Å²) >= 11 is 0. The molecule has 0 spiro atoms. The van der Waals surface area contributed by atoms with Crippen molar-refractivity contribution in [2.45, 2.75) is 24.9 Å². The maximum absolute atomic E-state index is 5.75. The van der Waals surface area contributed by atoms with E-state index in [4.69, 9.17) is 5.73 Å². The Balaban J connectivity index is 1.59. The maximum Gasteiger partial charge on any atom is 0.123 e. The van der Waals surface area contributed by atoms with Gasteiger partial charge in [-0.1, -0.05) is 6.07 Å². The van der Waals surface area contributed by atoms with Crippen molar-refractivity contribution in [3.63, 3.8) is 0 Å². The van der Waals surface area contributed by atoms with E-state index in [1.165, 1.54) is 6.42 Å². The maximum atomic E-state index is 5.75. The second kappa shape index (κ2) is 5.86. The van der Waals surface area contributed by atoms with Crippen LogP contribution in [0.1, 0.15) is 12.1 Å². The van der Waals surface area contributed by atoms with Crippen LogP contribution in [0.25, 0.3) is 0 Å². The summed E-state index contributed by atoms with van der Waals surface area (Å²) in [7, 11) is 0. The van der Waals surface area contributed by atoms with Gasteiger partial charge in [-0.3, -0.25) is 0 Å². The second-order valence-corrected chi connectivity index (χ2v) is 5.64. The van der Waals surface area contributed by atoms with E-state index in [-0.39, 0.29) is 0 Å². The molecule has 1 aromatic heterocycles. The highest BCUT2D eigenvalue weighted by Crippen LogP contribution is 2.17. The Morgan fingerprint density at radius 1 is 1.26 bits per heavy atom. The van der Waals surface area contributed by atoms with Crippen LogP contribution in [-0.4, -0.2) is 43.2 Å². The molecule has 5 heteroatoms. The van der Waals surface area contributed by atoms with Crippen molar-refractivity contribution in [1.82, 2.24) is 20.9 Å². The van der Waals surface area contributed by atoms with Crippen molar-refractivity contribution in [3.8, 4) is 0 Å². The predicted octanol–water partition coefficient (Wildman–Crippen LogP) is -0.254. The molecule has 2 unspecified atom stereocenters. The zero-order valence-electron chi connectivity index (χ0n) is 11.2. The summed E-state index contributed by atoms with van der Waals surface area (Å²) in [6, 6.07) is 7.08. The molecule has 2 aliphatic heterocycles. The average Bonchev–Trinajstić information content (AvgIpc) is 3.03. The molecule has 0 aliphatic carbocycles. The minimum atomic E-state index is 0.549. The minimum absolute atomic E-state index is 0.549. The van der Waals surface area contributed by atoms with Crippen LogP contribution in [0.3, 0.4) is 0 Å². The van der Waals surface area contributed by atoms with Gasteiger partial charge in [0.15, 0.2) is 0 Å². The Hall–Kier alpha value is -1.17. The summed E-state index contributed by atoms with van der Waals surface area (Å²) in [5.74, 6) is 1.22. The van der Waals surface area contributed by atoms with E-state index < -0.39 is 0 Å². The number of anilines is 1. The van der Waals surface area contributed by atoms with Gasteiger partial charge in [0.25, 0.3) is 0 Å². The normalized spacial score (nSPS) is 30.8. The second-order valence-electron chi connectivity index (χ2n) is 5.64. The van der Waals surface area contributed by atoms with Crippen LogP contribution in [0.15, 0.2) is 18.2 Å². The third kappa shape index (κ3) is 3.23. The summed E-state index contributed by atoms with van der Waals surface area (Å²) in [5, 5.41) is 10.7. The van der Waals surface area contributed by atoms with E-state index in [0.29, 0.717) is 23.8 Å². The molecule has 1 aromatic rings. The first-order valence-corrected chi connectivity index (χ1v) is 7.20. The largest absolute Gasteiger partial charge is 0.384 e. The van der Waals surface area contributed by atoms with Gasteiger partial charge in [-0.25, -0.2) is 4.98 Å².